The van der Waals surface area contributed by atoms with Crippen LogP contribution in [0.15, 0.2) is 5.29 Å². The highest BCUT2D eigenvalue weighted by atomic mass is 16.4. The van der Waals surface area contributed by atoms with Crippen LogP contribution >= 0.6 is 0 Å². The monoisotopic (exact) mass is 147 g/mol. The highest BCUT2D eigenvalue weighted by Crippen LogP contribution is 1.85. The minimum atomic E-state index is -1.14. The number of hydrogen-bond acceptors (Lipinski definition) is 4. The molecule has 6 heteroatoms. The fraction of sp³-hybridized carbons (Fsp3) is 0.750. The van der Waals surface area contributed by atoms with Crippen molar-refractivity contribution in [2.75, 3.05) is 13.6 Å². The van der Waals surface area contributed by atoms with Gasteiger partial charge in [-0.3, -0.25) is 9.80 Å². The molecule has 0 spiro atoms. The second kappa shape index (κ2) is 3.78. The normalized spacial score (nSPS) is 12.2. The van der Waals surface area contributed by atoms with Crippen LogP contribution in [0.4, 0.5) is 0 Å². The Kier molecular flexibility index (Phi) is 3.34. The van der Waals surface area contributed by atoms with Gasteiger partial charge in [-0.1, -0.05) is 0 Å². The van der Waals surface area contributed by atoms with Crippen LogP contribution in [0, 0.1) is 4.91 Å². The van der Waals surface area contributed by atoms with Crippen molar-refractivity contribution in [1.29, 1.82) is 0 Å². The van der Waals surface area contributed by atoms with E-state index in [1.54, 1.807) is 0 Å². The van der Waals surface area contributed by atoms with E-state index in [-0.39, 0.29) is 6.54 Å². The van der Waals surface area contributed by atoms with E-state index in [0.717, 1.165) is 5.01 Å². The van der Waals surface area contributed by atoms with Gasteiger partial charge in [-0.15, -0.1) is 4.91 Å². The molecule has 0 aliphatic rings. The van der Waals surface area contributed by atoms with Crippen molar-refractivity contribution in [2.45, 2.75) is 6.04 Å². The second-order valence-corrected chi connectivity index (χ2v) is 1.87. The molecule has 0 aromatic carbocycles. The number of carboxylic acids is 1. The van der Waals surface area contributed by atoms with Crippen molar-refractivity contribution in [3.8, 4) is 0 Å². The zero-order chi connectivity index (χ0) is 8.15. The molecule has 0 saturated carbocycles. The molecule has 0 saturated heterocycles. The van der Waals surface area contributed by atoms with Gasteiger partial charge in [0.15, 0.2) is 0 Å². The van der Waals surface area contributed by atoms with Crippen molar-refractivity contribution in [1.82, 2.24) is 5.01 Å². The van der Waals surface area contributed by atoms with E-state index in [2.05, 4.69) is 5.29 Å². The Hall–Kier alpha value is -1.17. The van der Waals surface area contributed by atoms with Gasteiger partial charge in [0.25, 0.3) is 0 Å². The highest BCUT2D eigenvalue weighted by molar-refractivity contribution is 5.73. The van der Waals surface area contributed by atoms with Crippen LogP contribution in [0.1, 0.15) is 0 Å². The number of nitroso groups, excluding NO2 is 1. The lowest BCUT2D eigenvalue weighted by molar-refractivity contribution is -0.138. The van der Waals surface area contributed by atoms with Gasteiger partial charge >= 0.3 is 5.97 Å². The first-order valence-electron chi connectivity index (χ1n) is 2.60. The first-order valence-corrected chi connectivity index (χ1v) is 2.60. The van der Waals surface area contributed by atoms with Crippen LogP contribution in [0.25, 0.3) is 0 Å². The molecule has 0 unspecified atom stereocenters. The summed E-state index contributed by atoms with van der Waals surface area (Å²) in [4.78, 5) is 19.7. The standard InChI is InChI=1S/C4H9N3O3/c1-7(6-10)2-3(5)4(8)9/h3H,2,5H2,1H3,(H,8,9)/t3-/m0/s1. The molecule has 0 aliphatic heterocycles. The quantitative estimate of drug-likeness (QED) is 0.393. The van der Waals surface area contributed by atoms with E-state index < -0.39 is 12.0 Å². The number of nitrogens with two attached hydrogens (primary N) is 1. The molecule has 0 rings (SSSR count). The van der Waals surface area contributed by atoms with Gasteiger partial charge in [-0.25, -0.2) is 0 Å². The Balaban J connectivity index is 3.67. The van der Waals surface area contributed by atoms with E-state index >= 15 is 0 Å². The van der Waals surface area contributed by atoms with Gasteiger partial charge in [0.2, 0.25) is 0 Å². The van der Waals surface area contributed by atoms with E-state index in [0.29, 0.717) is 0 Å². The smallest absolute Gasteiger partial charge is 0.322 e. The van der Waals surface area contributed by atoms with Crippen LogP contribution in [-0.4, -0.2) is 35.7 Å². The highest BCUT2D eigenvalue weighted by Gasteiger charge is 2.12. The Morgan fingerprint density at radius 2 is 2.40 bits per heavy atom. The maximum absolute atomic E-state index is 10.1. The zero-order valence-corrected chi connectivity index (χ0v) is 5.52. The van der Waals surface area contributed by atoms with Crippen LogP contribution in [0.2, 0.25) is 0 Å². The van der Waals surface area contributed by atoms with Gasteiger partial charge in [0, 0.05) is 7.05 Å². The fourth-order valence-electron chi connectivity index (χ4n) is 0.396. The predicted octanol–water partition coefficient (Wildman–Crippen LogP) is -0.988. The minimum Gasteiger partial charge on any atom is -0.480 e. The van der Waals surface area contributed by atoms with E-state index in [1.807, 2.05) is 0 Å². The fourth-order valence-corrected chi connectivity index (χ4v) is 0.396. The maximum atomic E-state index is 10.1. The zero-order valence-electron chi connectivity index (χ0n) is 5.52. The number of carboxylic acid groups (broad SMARTS) is 1. The van der Waals surface area contributed by atoms with Crippen molar-refractivity contribution < 1.29 is 9.90 Å². The Morgan fingerprint density at radius 3 is 2.70 bits per heavy atom. The summed E-state index contributed by atoms with van der Waals surface area (Å²) in [6.45, 7) is -0.0706. The molecule has 0 bridgehead atoms. The molecule has 10 heavy (non-hydrogen) atoms. The molecular formula is C4H9N3O3. The number of carbonyl (C=O) groups is 1. The lowest BCUT2D eigenvalue weighted by Gasteiger charge is -2.10. The van der Waals surface area contributed by atoms with Crippen LogP contribution in [0.5, 0.6) is 0 Å². The SMILES string of the molecule is CN(C[C@H](N)C(=O)O)N=O. The Labute approximate surface area is 57.6 Å². The molecule has 0 amide bonds. The molecule has 0 aromatic rings. The number of aliphatic carboxylic acids is 1. The van der Waals surface area contributed by atoms with Crippen LogP contribution in [-0.2, 0) is 4.79 Å². The van der Waals surface area contributed by atoms with Gasteiger partial charge in [0.1, 0.15) is 6.04 Å². The molecule has 1 atom stereocenters. The summed E-state index contributed by atoms with van der Waals surface area (Å²) < 4.78 is 0. The topological polar surface area (TPSA) is 96.0 Å². The van der Waals surface area contributed by atoms with Crippen molar-refractivity contribution in [3.05, 3.63) is 4.91 Å². The Morgan fingerprint density at radius 1 is 1.90 bits per heavy atom. The first-order chi connectivity index (χ1) is 4.57. The van der Waals surface area contributed by atoms with Gasteiger partial charge < -0.3 is 10.8 Å². The maximum Gasteiger partial charge on any atom is 0.322 e. The van der Waals surface area contributed by atoms with Gasteiger partial charge in [-0.2, -0.15) is 0 Å². The third kappa shape index (κ3) is 2.98. The second-order valence-electron chi connectivity index (χ2n) is 1.87. The summed E-state index contributed by atoms with van der Waals surface area (Å²) in [6, 6.07) is -1.05. The molecule has 0 fully saturated rings. The first kappa shape index (κ1) is 8.83. The summed E-state index contributed by atoms with van der Waals surface area (Å²) in [5.41, 5.74) is 5.05. The number of hydrogen-bond donors (Lipinski definition) is 2. The average molecular weight is 147 g/mol. The van der Waals surface area contributed by atoms with E-state index in [1.165, 1.54) is 7.05 Å². The molecule has 58 valence electrons. The van der Waals surface area contributed by atoms with Gasteiger partial charge in [0.05, 0.1) is 11.8 Å². The third-order valence-electron chi connectivity index (χ3n) is 0.918. The lowest BCUT2D eigenvalue weighted by atomic mass is 10.3. The summed E-state index contributed by atoms with van der Waals surface area (Å²) >= 11 is 0. The van der Waals surface area contributed by atoms with Gasteiger partial charge in [-0.05, 0) is 0 Å². The van der Waals surface area contributed by atoms with Crippen LogP contribution < -0.4 is 5.73 Å². The summed E-state index contributed by atoms with van der Waals surface area (Å²) in [6.07, 6.45) is 0. The molecule has 0 heterocycles. The molecule has 3 N–H and O–H groups in total. The summed E-state index contributed by atoms with van der Waals surface area (Å²) in [7, 11) is 1.36. The van der Waals surface area contributed by atoms with E-state index in [9.17, 15) is 9.70 Å². The molecule has 0 aromatic heterocycles. The summed E-state index contributed by atoms with van der Waals surface area (Å²) in [5.74, 6) is -1.14. The minimum absolute atomic E-state index is 0.0706. The van der Waals surface area contributed by atoms with Crippen molar-refractivity contribution in [2.24, 2.45) is 11.0 Å². The third-order valence-corrected chi connectivity index (χ3v) is 0.918. The van der Waals surface area contributed by atoms with Crippen molar-refractivity contribution >= 4 is 5.97 Å². The van der Waals surface area contributed by atoms with E-state index in [4.69, 9.17) is 10.8 Å². The molecule has 0 radical (unpaired) electrons. The van der Waals surface area contributed by atoms with Crippen molar-refractivity contribution in [3.63, 3.8) is 0 Å². The predicted molar refractivity (Wildman–Crippen MR) is 34.0 cm³/mol. The Bertz CT molecular complexity index is 138. The van der Waals surface area contributed by atoms with Crippen LogP contribution in [0.3, 0.4) is 0 Å². The number of nitrogens with zero attached hydrogens (tertiary/aromatic N) is 2. The largest absolute Gasteiger partial charge is 0.480 e. The molecule has 0 aliphatic carbocycles. The summed E-state index contributed by atoms with van der Waals surface area (Å²) in [5, 5.41) is 11.6. The molecular weight excluding hydrogens is 138 g/mol. The lowest BCUT2D eigenvalue weighted by Crippen LogP contribution is -2.39. The number of likely N-dealkylation sites (N-methyl/N-ethyl adjacent to an activating group) is 1. The average Bonchev–Trinajstić information content (AvgIpc) is 1.87. The molecule has 6 nitrogen and oxygen atoms in total. The number of rotatable bonds is 4.